The molecule has 2 rings (SSSR count). The van der Waals surface area contributed by atoms with E-state index in [9.17, 15) is 14.7 Å². The Bertz CT molecular complexity index is 380. The predicted molar refractivity (Wildman–Crippen MR) is 77.7 cm³/mol. The fourth-order valence-electron chi connectivity index (χ4n) is 3.45. The Balaban J connectivity index is 1.93. The Morgan fingerprint density at radius 2 is 2.00 bits per heavy atom. The van der Waals surface area contributed by atoms with Crippen molar-refractivity contribution in [3.8, 4) is 0 Å². The summed E-state index contributed by atoms with van der Waals surface area (Å²) in [5.74, 6) is -0.125. The lowest BCUT2D eigenvalue weighted by Gasteiger charge is -2.34. The number of nitrogens with one attached hydrogen (secondary N) is 1. The number of hydrogen-bond donors (Lipinski definition) is 2. The van der Waals surface area contributed by atoms with E-state index < -0.39 is 12.1 Å². The Labute approximate surface area is 125 Å². The molecule has 21 heavy (non-hydrogen) atoms. The van der Waals surface area contributed by atoms with Crippen LogP contribution in [-0.4, -0.2) is 54.9 Å². The number of amides is 2. The minimum atomic E-state index is -0.441. The molecule has 1 saturated heterocycles. The van der Waals surface area contributed by atoms with Crippen LogP contribution in [-0.2, 0) is 9.53 Å². The predicted octanol–water partition coefficient (Wildman–Crippen LogP) is 1.28. The van der Waals surface area contributed by atoms with Gasteiger partial charge in [0.05, 0.1) is 13.7 Å². The number of likely N-dealkylation sites (tertiary alicyclic amines) is 1. The molecule has 1 unspecified atom stereocenters. The van der Waals surface area contributed by atoms with Gasteiger partial charge < -0.3 is 15.2 Å². The third kappa shape index (κ3) is 3.67. The second-order valence-electron chi connectivity index (χ2n) is 6.26. The summed E-state index contributed by atoms with van der Waals surface area (Å²) in [5.41, 5.74) is -0.166. The van der Waals surface area contributed by atoms with Crippen molar-refractivity contribution in [3.63, 3.8) is 0 Å². The van der Waals surface area contributed by atoms with Crippen molar-refractivity contribution >= 4 is 12.0 Å². The zero-order chi connectivity index (χ0) is 15.3. The van der Waals surface area contributed by atoms with Gasteiger partial charge in [-0.1, -0.05) is 12.8 Å². The number of hydrogen-bond acceptors (Lipinski definition) is 4. The topological polar surface area (TPSA) is 78.9 Å². The number of carbonyl (C=O) groups is 2. The molecule has 0 radical (unpaired) electrons. The van der Waals surface area contributed by atoms with E-state index in [0.29, 0.717) is 19.5 Å². The van der Waals surface area contributed by atoms with E-state index >= 15 is 0 Å². The number of aliphatic hydroxyl groups is 1. The van der Waals surface area contributed by atoms with E-state index in [1.165, 1.54) is 12.0 Å². The molecule has 2 N–H and O–H groups in total. The molecule has 1 aliphatic heterocycles. The van der Waals surface area contributed by atoms with Gasteiger partial charge in [-0.15, -0.1) is 0 Å². The molecule has 1 atom stereocenters. The molecular weight excluding hydrogens is 272 g/mol. The number of rotatable bonds is 4. The van der Waals surface area contributed by atoms with Crippen molar-refractivity contribution in [1.29, 1.82) is 0 Å². The average Bonchev–Trinajstić information content (AvgIpc) is 3.01. The van der Waals surface area contributed by atoms with Crippen LogP contribution in [0.3, 0.4) is 0 Å². The van der Waals surface area contributed by atoms with Crippen molar-refractivity contribution in [2.75, 3.05) is 26.8 Å². The third-order valence-electron chi connectivity index (χ3n) is 4.85. The van der Waals surface area contributed by atoms with E-state index in [-0.39, 0.29) is 17.9 Å². The highest BCUT2D eigenvalue weighted by Crippen LogP contribution is 2.37. The summed E-state index contributed by atoms with van der Waals surface area (Å²) in [7, 11) is 1.34. The fraction of sp³-hybridized carbons (Fsp3) is 0.867. The van der Waals surface area contributed by atoms with Crippen LogP contribution in [0.5, 0.6) is 0 Å². The molecule has 0 bridgehead atoms. The Morgan fingerprint density at radius 1 is 1.29 bits per heavy atom. The van der Waals surface area contributed by atoms with Crippen LogP contribution in [0.1, 0.15) is 44.9 Å². The van der Waals surface area contributed by atoms with Gasteiger partial charge in [-0.05, 0) is 32.1 Å². The van der Waals surface area contributed by atoms with Crippen LogP contribution >= 0.6 is 0 Å². The number of aliphatic hydroxyl groups excluding tert-OH is 1. The van der Waals surface area contributed by atoms with Crippen molar-refractivity contribution in [3.05, 3.63) is 0 Å². The SMILES string of the molecule is COC(=O)N1CCCCC1C(=O)NCC1(CO)CCCC1. The number of methoxy groups -OCH3 is 1. The molecule has 6 heteroatoms. The lowest BCUT2D eigenvalue weighted by atomic mass is 9.87. The lowest BCUT2D eigenvalue weighted by molar-refractivity contribution is -0.127. The van der Waals surface area contributed by atoms with Crippen LogP contribution in [0, 0.1) is 5.41 Å². The summed E-state index contributed by atoms with van der Waals surface area (Å²) in [6.07, 6.45) is 6.20. The van der Waals surface area contributed by atoms with Crippen molar-refractivity contribution in [1.82, 2.24) is 10.2 Å². The van der Waals surface area contributed by atoms with Crippen LogP contribution < -0.4 is 5.32 Å². The summed E-state index contributed by atoms with van der Waals surface area (Å²) in [4.78, 5) is 25.7. The fourth-order valence-corrected chi connectivity index (χ4v) is 3.45. The Morgan fingerprint density at radius 3 is 2.62 bits per heavy atom. The maximum Gasteiger partial charge on any atom is 0.410 e. The van der Waals surface area contributed by atoms with Crippen molar-refractivity contribution in [2.45, 2.75) is 51.0 Å². The monoisotopic (exact) mass is 298 g/mol. The first-order chi connectivity index (χ1) is 10.1. The Hall–Kier alpha value is -1.30. The van der Waals surface area contributed by atoms with E-state index in [1.807, 2.05) is 0 Å². The normalized spacial score (nSPS) is 24.7. The van der Waals surface area contributed by atoms with Gasteiger partial charge in [0.2, 0.25) is 5.91 Å². The Kier molecular flexibility index (Phi) is 5.45. The van der Waals surface area contributed by atoms with Gasteiger partial charge in [0.15, 0.2) is 0 Å². The molecule has 0 spiro atoms. The quantitative estimate of drug-likeness (QED) is 0.819. The average molecular weight is 298 g/mol. The second kappa shape index (κ2) is 7.11. The maximum absolute atomic E-state index is 12.4. The highest BCUT2D eigenvalue weighted by Gasteiger charge is 2.36. The standard InChI is InChI=1S/C15H26N2O4/c1-21-14(20)17-9-5-2-6-12(17)13(19)16-10-15(11-18)7-3-4-8-15/h12,18H,2-11H2,1H3,(H,16,19). The van der Waals surface area contributed by atoms with Gasteiger partial charge in [0.25, 0.3) is 0 Å². The van der Waals surface area contributed by atoms with Crippen LogP contribution in [0.25, 0.3) is 0 Å². The molecule has 1 aliphatic carbocycles. The molecule has 6 nitrogen and oxygen atoms in total. The molecule has 0 aromatic carbocycles. The van der Waals surface area contributed by atoms with E-state index in [0.717, 1.165) is 38.5 Å². The minimum Gasteiger partial charge on any atom is -0.453 e. The number of piperidine rings is 1. The molecule has 2 aliphatic rings. The molecule has 0 aromatic heterocycles. The summed E-state index contributed by atoms with van der Waals surface area (Å²) in [5, 5.41) is 12.5. The van der Waals surface area contributed by atoms with Crippen LogP contribution in [0.2, 0.25) is 0 Å². The number of ether oxygens (including phenoxy) is 1. The zero-order valence-electron chi connectivity index (χ0n) is 12.8. The summed E-state index contributed by atoms with van der Waals surface area (Å²) < 4.78 is 4.76. The summed E-state index contributed by atoms with van der Waals surface area (Å²) >= 11 is 0. The van der Waals surface area contributed by atoms with Gasteiger partial charge in [-0.25, -0.2) is 4.79 Å². The molecule has 2 fully saturated rings. The largest absolute Gasteiger partial charge is 0.453 e. The number of nitrogens with zero attached hydrogens (tertiary/aromatic N) is 1. The van der Waals surface area contributed by atoms with E-state index in [1.54, 1.807) is 0 Å². The lowest BCUT2D eigenvalue weighted by Crippen LogP contribution is -2.53. The van der Waals surface area contributed by atoms with Crippen molar-refractivity contribution in [2.24, 2.45) is 5.41 Å². The van der Waals surface area contributed by atoms with Gasteiger partial charge in [0, 0.05) is 18.5 Å². The first kappa shape index (κ1) is 16.1. The molecular formula is C15H26N2O4. The molecule has 120 valence electrons. The number of carbonyl (C=O) groups excluding carboxylic acids is 2. The zero-order valence-corrected chi connectivity index (χ0v) is 12.8. The first-order valence-electron chi connectivity index (χ1n) is 7.85. The van der Waals surface area contributed by atoms with E-state index in [4.69, 9.17) is 4.74 Å². The van der Waals surface area contributed by atoms with Gasteiger partial charge in [0.1, 0.15) is 6.04 Å². The molecule has 1 heterocycles. The van der Waals surface area contributed by atoms with Crippen LogP contribution in [0.4, 0.5) is 4.79 Å². The first-order valence-corrected chi connectivity index (χ1v) is 7.85. The third-order valence-corrected chi connectivity index (χ3v) is 4.85. The smallest absolute Gasteiger partial charge is 0.410 e. The second-order valence-corrected chi connectivity index (χ2v) is 6.26. The van der Waals surface area contributed by atoms with Crippen LogP contribution in [0.15, 0.2) is 0 Å². The van der Waals surface area contributed by atoms with Gasteiger partial charge >= 0.3 is 6.09 Å². The minimum absolute atomic E-state index is 0.110. The van der Waals surface area contributed by atoms with Crippen molar-refractivity contribution < 1.29 is 19.4 Å². The molecule has 1 saturated carbocycles. The summed E-state index contributed by atoms with van der Waals surface area (Å²) in [6, 6.07) is -0.441. The van der Waals surface area contributed by atoms with E-state index in [2.05, 4.69) is 5.32 Å². The maximum atomic E-state index is 12.4. The molecule has 0 aromatic rings. The van der Waals surface area contributed by atoms with Gasteiger partial charge in [-0.3, -0.25) is 9.69 Å². The van der Waals surface area contributed by atoms with Gasteiger partial charge in [-0.2, -0.15) is 0 Å². The molecule has 2 amide bonds. The highest BCUT2D eigenvalue weighted by molar-refractivity contribution is 5.85. The highest BCUT2D eigenvalue weighted by atomic mass is 16.5. The summed E-state index contributed by atoms with van der Waals surface area (Å²) in [6.45, 7) is 1.17.